The summed E-state index contributed by atoms with van der Waals surface area (Å²) in [4.78, 5) is 44.0. The molecule has 14 heteroatoms. The van der Waals surface area contributed by atoms with Gasteiger partial charge in [-0.15, -0.1) is 0 Å². The first-order valence-electron chi connectivity index (χ1n) is 12.6. The van der Waals surface area contributed by atoms with Crippen molar-refractivity contribution in [3.05, 3.63) is 81.8 Å². The molecule has 0 bridgehead atoms. The fraction of sp³-hybridized carbons (Fsp3) is 0.179. The molecule has 42 heavy (non-hydrogen) atoms. The van der Waals surface area contributed by atoms with Crippen molar-refractivity contribution in [3.8, 4) is 11.3 Å². The van der Waals surface area contributed by atoms with E-state index in [-0.39, 0.29) is 53.8 Å². The van der Waals surface area contributed by atoms with E-state index in [0.717, 1.165) is 0 Å². The smallest absolute Gasteiger partial charge is 0.337 e. The highest BCUT2D eigenvalue weighted by Gasteiger charge is 2.23. The topological polar surface area (TPSA) is 193 Å². The lowest BCUT2D eigenvalue weighted by Gasteiger charge is -2.21. The van der Waals surface area contributed by atoms with E-state index in [9.17, 15) is 19.5 Å². The number of benzene rings is 2. The summed E-state index contributed by atoms with van der Waals surface area (Å²) in [6.07, 6.45) is -0.411. The highest BCUT2D eigenvalue weighted by atomic mass is 35.5. The van der Waals surface area contributed by atoms with Gasteiger partial charge in [0.2, 0.25) is 5.91 Å². The Morgan fingerprint density at radius 1 is 1.02 bits per heavy atom. The van der Waals surface area contributed by atoms with Crippen LogP contribution in [0.1, 0.15) is 34.8 Å². The molecule has 1 amide bonds. The van der Waals surface area contributed by atoms with Gasteiger partial charge in [-0.05, 0) is 55.8 Å². The van der Waals surface area contributed by atoms with Gasteiger partial charge in [0.05, 0.1) is 22.8 Å². The van der Waals surface area contributed by atoms with Crippen LogP contribution in [0.15, 0.2) is 59.0 Å². The average Bonchev–Trinajstić information content (AvgIpc) is 3.40. The second kappa shape index (κ2) is 13.2. The molecule has 0 saturated heterocycles. The Labute approximate surface area is 249 Å². The van der Waals surface area contributed by atoms with Gasteiger partial charge in [-0.1, -0.05) is 35.3 Å². The quantitative estimate of drug-likeness (QED) is 0.111. The maximum Gasteiger partial charge on any atom is 0.337 e. The molecule has 0 fully saturated rings. The number of carbonyl (C=O) groups is 3. The van der Waals surface area contributed by atoms with E-state index < -0.39 is 23.9 Å². The SMILES string of the molecule is Cc1nc(Nc2ccccc2C(=O)O)c(NCc2ccc(-c3cc(Cl)ccc3Cl)o2)c(NC(CCC(=O)O)C(N)=O)n1. The summed E-state index contributed by atoms with van der Waals surface area (Å²) in [6.45, 7) is 1.71. The molecule has 4 rings (SSSR count). The number of furan rings is 1. The lowest BCUT2D eigenvalue weighted by atomic mass is 10.1. The second-order valence-electron chi connectivity index (χ2n) is 9.09. The first-order chi connectivity index (χ1) is 20.0. The molecular weight excluding hydrogens is 587 g/mol. The van der Waals surface area contributed by atoms with Gasteiger partial charge in [0, 0.05) is 17.0 Å². The molecule has 0 spiro atoms. The average molecular weight is 613 g/mol. The Morgan fingerprint density at radius 3 is 2.48 bits per heavy atom. The predicted molar refractivity (Wildman–Crippen MR) is 158 cm³/mol. The Morgan fingerprint density at radius 2 is 1.76 bits per heavy atom. The summed E-state index contributed by atoms with van der Waals surface area (Å²) >= 11 is 12.4. The molecule has 7 N–H and O–H groups in total. The lowest BCUT2D eigenvalue weighted by Crippen LogP contribution is -2.36. The summed E-state index contributed by atoms with van der Waals surface area (Å²) in [5.41, 5.74) is 6.65. The van der Waals surface area contributed by atoms with Crippen molar-refractivity contribution in [2.75, 3.05) is 16.0 Å². The summed E-state index contributed by atoms with van der Waals surface area (Å²) in [5, 5.41) is 28.8. The number of rotatable bonds is 13. The molecule has 0 aliphatic carbocycles. The van der Waals surface area contributed by atoms with Crippen molar-refractivity contribution >= 4 is 64.1 Å². The molecule has 218 valence electrons. The van der Waals surface area contributed by atoms with Crippen LogP contribution in [0, 0.1) is 6.92 Å². The van der Waals surface area contributed by atoms with E-state index >= 15 is 0 Å². The third kappa shape index (κ3) is 7.47. The van der Waals surface area contributed by atoms with Crippen LogP contribution < -0.4 is 21.7 Å². The molecule has 4 aromatic rings. The highest BCUT2D eigenvalue weighted by Crippen LogP contribution is 2.34. The number of primary amides is 1. The standard InChI is InChI=1S/C28H26Cl2N6O6/c1-14-33-26(35-20-5-3-2-4-17(20)28(40)41)24(27(34-14)36-21(25(31)39)9-11-23(37)38)32-13-16-7-10-22(42-16)18-12-15(29)6-8-19(18)30/h2-8,10,12,21,32H,9,11,13H2,1H3,(H2,31,39)(H,37,38)(H,40,41)(H2,33,34,35,36). The minimum atomic E-state index is -1.15. The molecule has 12 nitrogen and oxygen atoms in total. The van der Waals surface area contributed by atoms with Crippen molar-refractivity contribution in [1.82, 2.24) is 9.97 Å². The molecule has 2 aromatic carbocycles. The molecule has 2 heterocycles. The molecule has 1 unspecified atom stereocenters. The second-order valence-corrected chi connectivity index (χ2v) is 9.94. The number of aliphatic carboxylic acids is 1. The summed E-state index contributed by atoms with van der Waals surface area (Å²) in [6, 6.07) is 13.7. The number of hydrogen-bond donors (Lipinski definition) is 6. The third-order valence-corrected chi connectivity index (χ3v) is 6.59. The normalized spacial score (nSPS) is 11.5. The number of halogens is 2. The van der Waals surface area contributed by atoms with Gasteiger partial charge in [0.1, 0.15) is 29.1 Å². The number of carboxylic acid groups (broad SMARTS) is 2. The van der Waals surface area contributed by atoms with Gasteiger partial charge in [-0.3, -0.25) is 9.59 Å². The Balaban J connectivity index is 1.71. The number of hydrogen-bond acceptors (Lipinski definition) is 9. The van der Waals surface area contributed by atoms with Crippen LogP contribution in [0.5, 0.6) is 0 Å². The van der Waals surface area contributed by atoms with Crippen molar-refractivity contribution in [1.29, 1.82) is 0 Å². The van der Waals surface area contributed by atoms with Crippen molar-refractivity contribution in [3.63, 3.8) is 0 Å². The minimum Gasteiger partial charge on any atom is -0.481 e. The van der Waals surface area contributed by atoms with E-state index in [4.69, 9.17) is 38.5 Å². The predicted octanol–water partition coefficient (Wildman–Crippen LogP) is 5.54. The summed E-state index contributed by atoms with van der Waals surface area (Å²) in [5.74, 6) is -1.46. The molecule has 0 aliphatic heterocycles. The monoisotopic (exact) mass is 612 g/mol. The summed E-state index contributed by atoms with van der Waals surface area (Å²) < 4.78 is 5.98. The van der Waals surface area contributed by atoms with Crippen LogP contribution in [-0.2, 0) is 16.1 Å². The number of anilines is 4. The van der Waals surface area contributed by atoms with Gasteiger partial charge >= 0.3 is 11.9 Å². The summed E-state index contributed by atoms with van der Waals surface area (Å²) in [7, 11) is 0. The molecule has 2 aromatic heterocycles. The number of aromatic carboxylic acids is 1. The van der Waals surface area contributed by atoms with Crippen LogP contribution in [0.3, 0.4) is 0 Å². The lowest BCUT2D eigenvalue weighted by molar-refractivity contribution is -0.137. The molecule has 0 aliphatic rings. The van der Waals surface area contributed by atoms with Crippen molar-refractivity contribution in [2.45, 2.75) is 32.4 Å². The first kappa shape index (κ1) is 30.2. The fourth-order valence-electron chi connectivity index (χ4n) is 4.04. The number of nitrogens with two attached hydrogens (primary N) is 1. The zero-order valence-corrected chi connectivity index (χ0v) is 23.7. The van der Waals surface area contributed by atoms with E-state index in [0.29, 0.717) is 27.1 Å². The van der Waals surface area contributed by atoms with E-state index in [1.807, 2.05) is 0 Å². The number of nitrogens with zero attached hydrogens (tertiary/aromatic N) is 2. The Bertz CT molecular complexity index is 1640. The number of carbonyl (C=O) groups excluding carboxylic acids is 1. The van der Waals surface area contributed by atoms with Crippen LogP contribution in [0.4, 0.5) is 23.0 Å². The van der Waals surface area contributed by atoms with Crippen LogP contribution >= 0.6 is 23.2 Å². The third-order valence-electron chi connectivity index (χ3n) is 6.03. The zero-order chi connectivity index (χ0) is 30.4. The van der Waals surface area contributed by atoms with E-state index in [1.165, 1.54) is 6.07 Å². The maximum atomic E-state index is 12.2. The highest BCUT2D eigenvalue weighted by molar-refractivity contribution is 6.35. The Hall–Kier alpha value is -4.81. The van der Waals surface area contributed by atoms with Gasteiger partial charge < -0.3 is 36.3 Å². The molecule has 0 radical (unpaired) electrons. The van der Waals surface area contributed by atoms with E-state index in [2.05, 4.69) is 25.9 Å². The van der Waals surface area contributed by atoms with Crippen LogP contribution in [0.25, 0.3) is 11.3 Å². The number of carboxylic acids is 2. The zero-order valence-electron chi connectivity index (χ0n) is 22.1. The number of nitrogens with one attached hydrogen (secondary N) is 3. The van der Waals surface area contributed by atoms with Gasteiger partial charge in [-0.25, -0.2) is 14.8 Å². The molecule has 0 saturated carbocycles. The largest absolute Gasteiger partial charge is 0.481 e. The molecule has 1 atom stereocenters. The van der Waals surface area contributed by atoms with Crippen LogP contribution in [-0.4, -0.2) is 44.1 Å². The fourth-order valence-corrected chi connectivity index (χ4v) is 4.42. The van der Waals surface area contributed by atoms with Crippen molar-refractivity contribution in [2.24, 2.45) is 5.73 Å². The number of aryl methyl sites for hydroxylation is 1. The van der Waals surface area contributed by atoms with Gasteiger partial charge in [0.25, 0.3) is 0 Å². The maximum absolute atomic E-state index is 12.2. The molecular formula is C28H26Cl2N6O6. The first-order valence-corrected chi connectivity index (χ1v) is 13.3. The van der Waals surface area contributed by atoms with Crippen molar-refractivity contribution < 1.29 is 29.0 Å². The Kier molecular flexibility index (Phi) is 9.50. The number of para-hydroxylation sites is 1. The van der Waals surface area contributed by atoms with E-state index in [1.54, 1.807) is 55.5 Å². The van der Waals surface area contributed by atoms with Gasteiger partial charge in [0.15, 0.2) is 11.6 Å². The van der Waals surface area contributed by atoms with Crippen LogP contribution in [0.2, 0.25) is 10.0 Å². The number of amides is 1. The minimum absolute atomic E-state index is 0.000211. The van der Waals surface area contributed by atoms with Gasteiger partial charge in [-0.2, -0.15) is 0 Å². The number of aromatic nitrogens is 2.